The molecule has 12 nitrogen and oxygen atoms in total. The Morgan fingerprint density at radius 2 is 1.69 bits per heavy atom. The van der Waals surface area contributed by atoms with Gasteiger partial charge in [0.15, 0.2) is 5.69 Å². The summed E-state index contributed by atoms with van der Waals surface area (Å²) >= 11 is 0. The average molecular weight is 557 g/mol. The third-order valence-electron chi connectivity index (χ3n) is 6.88. The number of likely N-dealkylation sites (N-methyl/N-ethyl adjacent to an activating group) is 1. The zero-order valence-corrected chi connectivity index (χ0v) is 24.0. The van der Waals surface area contributed by atoms with Crippen LogP contribution in [0.2, 0.25) is 0 Å². The summed E-state index contributed by atoms with van der Waals surface area (Å²) in [5, 5.41) is 10.6. The van der Waals surface area contributed by atoms with E-state index >= 15 is 0 Å². The summed E-state index contributed by atoms with van der Waals surface area (Å²) in [4.78, 5) is 26.7. The normalized spacial score (nSPS) is 16.4. The molecule has 2 aliphatic rings. The SMILES string of the molecule is CNC(=O)c1nn(C)c2c1C(C)(C)Cc1cnc(Nc3ccc(N4CCN(C)CC4)cc3)nc1-2.CS(=O)(=O)O. The van der Waals surface area contributed by atoms with Crippen LogP contribution >= 0.6 is 0 Å². The minimum atomic E-state index is -3.67. The number of aryl methyl sites for hydroxylation is 1. The summed E-state index contributed by atoms with van der Waals surface area (Å²) < 4.78 is 27.6. The number of rotatable bonds is 4. The molecule has 1 aliphatic heterocycles. The summed E-state index contributed by atoms with van der Waals surface area (Å²) in [6.45, 7) is 8.51. The molecule has 1 fully saturated rings. The third-order valence-corrected chi connectivity index (χ3v) is 6.88. The monoisotopic (exact) mass is 556 g/mol. The van der Waals surface area contributed by atoms with Crippen molar-refractivity contribution < 1.29 is 17.8 Å². The molecule has 0 radical (unpaired) electrons. The van der Waals surface area contributed by atoms with Crippen molar-refractivity contribution in [2.24, 2.45) is 7.05 Å². The highest BCUT2D eigenvalue weighted by Gasteiger charge is 2.39. The van der Waals surface area contributed by atoms with E-state index in [1.165, 1.54) is 5.69 Å². The highest BCUT2D eigenvalue weighted by atomic mass is 32.2. The molecule has 0 bridgehead atoms. The zero-order chi connectivity index (χ0) is 28.5. The Kier molecular flexibility index (Phi) is 7.96. The fraction of sp³-hybridized carbons (Fsp3) is 0.462. The fourth-order valence-electron chi connectivity index (χ4n) is 5.03. The van der Waals surface area contributed by atoms with E-state index in [0.717, 1.165) is 60.8 Å². The molecule has 0 saturated carbocycles. The van der Waals surface area contributed by atoms with Gasteiger partial charge in [-0.15, -0.1) is 0 Å². The lowest BCUT2D eigenvalue weighted by Gasteiger charge is -2.34. The molecule has 3 aromatic rings. The quantitative estimate of drug-likeness (QED) is 0.408. The average Bonchev–Trinajstić information content (AvgIpc) is 3.22. The first-order valence-electron chi connectivity index (χ1n) is 12.7. The van der Waals surface area contributed by atoms with Crippen molar-refractivity contribution in [3.8, 4) is 11.4 Å². The second-order valence-electron chi connectivity index (χ2n) is 10.6. The molecule has 0 spiro atoms. The number of piperazine rings is 1. The predicted octanol–water partition coefficient (Wildman–Crippen LogP) is 2.07. The fourth-order valence-corrected chi connectivity index (χ4v) is 5.03. The van der Waals surface area contributed by atoms with E-state index in [-0.39, 0.29) is 11.3 Å². The van der Waals surface area contributed by atoms with Crippen molar-refractivity contribution in [1.82, 2.24) is 30.0 Å². The minimum Gasteiger partial charge on any atom is -0.369 e. The van der Waals surface area contributed by atoms with Crippen molar-refractivity contribution in [1.29, 1.82) is 0 Å². The second kappa shape index (κ2) is 10.9. The lowest BCUT2D eigenvalue weighted by atomic mass is 9.73. The summed E-state index contributed by atoms with van der Waals surface area (Å²) in [7, 11) is 1.99. The summed E-state index contributed by atoms with van der Waals surface area (Å²) in [5.74, 6) is 0.348. The van der Waals surface area contributed by atoms with Gasteiger partial charge in [-0.25, -0.2) is 9.97 Å². The van der Waals surface area contributed by atoms with Crippen LogP contribution < -0.4 is 15.5 Å². The van der Waals surface area contributed by atoms with Crippen LogP contribution in [0.3, 0.4) is 0 Å². The largest absolute Gasteiger partial charge is 0.369 e. The van der Waals surface area contributed by atoms with Crippen LogP contribution in [0.1, 0.15) is 35.5 Å². The molecule has 1 aliphatic carbocycles. The maximum absolute atomic E-state index is 12.5. The number of amides is 1. The van der Waals surface area contributed by atoms with Gasteiger partial charge in [0.2, 0.25) is 5.95 Å². The number of benzene rings is 1. The van der Waals surface area contributed by atoms with Crippen molar-refractivity contribution in [2.75, 3.05) is 56.7 Å². The number of hydrogen-bond donors (Lipinski definition) is 3. The Hall–Kier alpha value is -3.55. The number of nitrogens with zero attached hydrogens (tertiary/aromatic N) is 6. The molecular formula is C26H36N8O4S. The molecule has 3 heterocycles. The van der Waals surface area contributed by atoms with Gasteiger partial charge >= 0.3 is 0 Å². The van der Waals surface area contributed by atoms with Gasteiger partial charge in [0.25, 0.3) is 16.0 Å². The van der Waals surface area contributed by atoms with Crippen LogP contribution in [0, 0.1) is 0 Å². The van der Waals surface area contributed by atoms with Crippen LogP contribution in [-0.4, -0.2) is 90.1 Å². The molecule has 2 aromatic heterocycles. The first-order valence-corrected chi connectivity index (χ1v) is 14.5. The molecule has 39 heavy (non-hydrogen) atoms. The van der Waals surface area contributed by atoms with Crippen molar-refractivity contribution in [2.45, 2.75) is 25.7 Å². The van der Waals surface area contributed by atoms with Crippen molar-refractivity contribution in [3.05, 3.63) is 47.3 Å². The van der Waals surface area contributed by atoms with E-state index in [1.54, 1.807) is 11.7 Å². The van der Waals surface area contributed by atoms with Gasteiger partial charge in [-0.05, 0) is 48.7 Å². The first kappa shape index (κ1) is 28.5. The van der Waals surface area contributed by atoms with E-state index in [2.05, 4.69) is 75.7 Å². The molecular weight excluding hydrogens is 520 g/mol. The van der Waals surface area contributed by atoms with Crippen molar-refractivity contribution in [3.63, 3.8) is 0 Å². The number of nitrogens with one attached hydrogen (secondary N) is 2. The molecule has 210 valence electrons. The second-order valence-corrected chi connectivity index (χ2v) is 12.1. The maximum Gasteiger partial charge on any atom is 0.271 e. The van der Waals surface area contributed by atoms with Crippen LogP contribution in [-0.2, 0) is 29.0 Å². The summed E-state index contributed by atoms with van der Waals surface area (Å²) in [6.07, 6.45) is 3.35. The molecule has 5 rings (SSSR count). The van der Waals surface area contributed by atoms with Crippen LogP contribution in [0.4, 0.5) is 17.3 Å². The predicted molar refractivity (Wildman–Crippen MR) is 151 cm³/mol. The Morgan fingerprint density at radius 1 is 1.08 bits per heavy atom. The highest BCUT2D eigenvalue weighted by molar-refractivity contribution is 7.85. The molecule has 3 N–H and O–H groups in total. The van der Waals surface area contributed by atoms with Gasteiger partial charge in [-0.3, -0.25) is 14.0 Å². The number of carbonyl (C=O) groups excluding carboxylic acids is 1. The molecule has 1 aromatic carbocycles. The zero-order valence-electron chi connectivity index (χ0n) is 23.2. The van der Waals surface area contributed by atoms with E-state index in [0.29, 0.717) is 17.9 Å². The van der Waals surface area contributed by atoms with Crippen LogP contribution in [0.15, 0.2) is 30.5 Å². The maximum atomic E-state index is 12.5. The van der Waals surface area contributed by atoms with Gasteiger partial charge < -0.3 is 20.4 Å². The first-order chi connectivity index (χ1) is 18.3. The number of aromatic nitrogens is 4. The van der Waals surface area contributed by atoms with Gasteiger partial charge in [0.05, 0.1) is 17.6 Å². The number of carbonyl (C=O) groups is 1. The van der Waals surface area contributed by atoms with Gasteiger partial charge in [-0.2, -0.15) is 13.5 Å². The van der Waals surface area contributed by atoms with Gasteiger partial charge in [0.1, 0.15) is 0 Å². The lowest BCUT2D eigenvalue weighted by molar-refractivity contribution is 0.0955. The molecule has 0 atom stereocenters. The molecule has 1 saturated heterocycles. The minimum absolute atomic E-state index is 0.179. The van der Waals surface area contributed by atoms with Gasteiger partial charge in [-0.1, -0.05) is 13.8 Å². The number of hydrogen-bond acceptors (Lipinski definition) is 9. The van der Waals surface area contributed by atoms with Gasteiger partial charge in [0, 0.05) is 63.4 Å². The number of anilines is 3. The Bertz CT molecular complexity index is 1450. The third kappa shape index (κ3) is 6.54. The standard InChI is InChI=1S/C25H32N8O.CH4O3S/c1-25(2)14-16-15-27-24(29-20(16)22-19(25)21(23(34)26-3)30-32(22)5)28-17-6-8-18(9-7-17)33-12-10-31(4)11-13-33;1-5(2,3)4/h6-9,15H,10-14H2,1-5H3,(H,26,34)(H,27,28,29);1H3,(H,2,3,4). The Balaban J connectivity index is 0.000000648. The molecule has 1 amide bonds. The molecule has 13 heteroatoms. The van der Waals surface area contributed by atoms with Crippen LogP contribution in [0.5, 0.6) is 0 Å². The number of fused-ring (bicyclic) bond motifs is 3. The van der Waals surface area contributed by atoms with Crippen LogP contribution in [0.25, 0.3) is 11.4 Å². The highest BCUT2D eigenvalue weighted by Crippen LogP contribution is 2.43. The topological polar surface area (TPSA) is 146 Å². The lowest BCUT2D eigenvalue weighted by Crippen LogP contribution is -2.44. The van der Waals surface area contributed by atoms with E-state index in [9.17, 15) is 13.2 Å². The van der Waals surface area contributed by atoms with E-state index in [4.69, 9.17) is 9.54 Å². The molecule has 0 unspecified atom stereocenters. The van der Waals surface area contributed by atoms with Crippen molar-refractivity contribution >= 4 is 33.3 Å². The summed E-state index contributed by atoms with van der Waals surface area (Å²) in [6, 6.07) is 8.42. The smallest absolute Gasteiger partial charge is 0.271 e. The summed E-state index contributed by atoms with van der Waals surface area (Å²) in [5.41, 5.74) is 6.06. The Morgan fingerprint density at radius 3 is 2.28 bits per heavy atom. The van der Waals surface area contributed by atoms with E-state index in [1.807, 2.05) is 13.2 Å². The Labute approximate surface area is 229 Å². The van der Waals surface area contributed by atoms with E-state index < -0.39 is 10.1 Å².